The van der Waals surface area contributed by atoms with Crippen LogP contribution in [0.1, 0.15) is 21.4 Å². The van der Waals surface area contributed by atoms with Crippen LogP contribution in [0.25, 0.3) is 0 Å². The Kier molecular flexibility index (Phi) is 4.76. The standard InChI is InChI=1S/C11H16N2OS/c1-8-6-10(9(2)15-8)11(7-12)13-4-5-14-3/h6,11,13H,4-5H2,1-3H3. The number of hydrogen-bond acceptors (Lipinski definition) is 4. The van der Waals surface area contributed by atoms with Gasteiger partial charge in [-0.05, 0) is 25.5 Å². The first kappa shape index (κ1) is 12.2. The molecule has 1 aromatic rings. The van der Waals surface area contributed by atoms with Gasteiger partial charge in [-0.15, -0.1) is 11.3 Å². The number of nitriles is 1. The number of nitrogens with one attached hydrogen (secondary N) is 1. The molecule has 82 valence electrons. The largest absolute Gasteiger partial charge is 0.383 e. The Bertz CT molecular complexity index is 354. The van der Waals surface area contributed by atoms with Crippen LogP contribution in [0.2, 0.25) is 0 Å². The van der Waals surface area contributed by atoms with E-state index in [1.165, 1.54) is 9.75 Å². The van der Waals surface area contributed by atoms with Crippen molar-refractivity contribution in [3.8, 4) is 6.07 Å². The molecule has 1 unspecified atom stereocenters. The average Bonchev–Trinajstić information content (AvgIpc) is 2.53. The third kappa shape index (κ3) is 3.31. The van der Waals surface area contributed by atoms with Gasteiger partial charge in [-0.2, -0.15) is 5.26 Å². The Balaban J connectivity index is 2.67. The lowest BCUT2D eigenvalue weighted by molar-refractivity contribution is 0.198. The monoisotopic (exact) mass is 224 g/mol. The second kappa shape index (κ2) is 5.86. The summed E-state index contributed by atoms with van der Waals surface area (Å²) in [4.78, 5) is 2.46. The molecule has 0 fully saturated rings. The molecule has 3 nitrogen and oxygen atoms in total. The lowest BCUT2D eigenvalue weighted by atomic mass is 10.1. The molecule has 1 N–H and O–H groups in total. The van der Waals surface area contributed by atoms with Crippen molar-refractivity contribution in [1.82, 2.24) is 5.32 Å². The van der Waals surface area contributed by atoms with Crippen LogP contribution < -0.4 is 5.32 Å². The molecule has 0 saturated carbocycles. The molecular formula is C11H16N2OS. The van der Waals surface area contributed by atoms with Gasteiger partial charge < -0.3 is 4.74 Å². The lowest BCUT2D eigenvalue weighted by Crippen LogP contribution is -2.24. The normalized spacial score (nSPS) is 12.4. The van der Waals surface area contributed by atoms with Crippen LogP contribution in [-0.4, -0.2) is 20.3 Å². The van der Waals surface area contributed by atoms with Crippen molar-refractivity contribution in [2.75, 3.05) is 20.3 Å². The molecular weight excluding hydrogens is 208 g/mol. The van der Waals surface area contributed by atoms with E-state index in [-0.39, 0.29) is 6.04 Å². The predicted molar refractivity (Wildman–Crippen MR) is 62.0 cm³/mol. The highest BCUT2D eigenvalue weighted by atomic mass is 32.1. The van der Waals surface area contributed by atoms with Crippen molar-refractivity contribution in [1.29, 1.82) is 5.26 Å². The Labute approximate surface area is 94.7 Å². The van der Waals surface area contributed by atoms with E-state index in [1.807, 2.05) is 0 Å². The maximum Gasteiger partial charge on any atom is 0.122 e. The minimum absolute atomic E-state index is 0.218. The summed E-state index contributed by atoms with van der Waals surface area (Å²) in [6.07, 6.45) is 0. The molecule has 0 amide bonds. The van der Waals surface area contributed by atoms with Crippen LogP contribution in [0.4, 0.5) is 0 Å². The smallest absolute Gasteiger partial charge is 0.122 e. The highest BCUT2D eigenvalue weighted by molar-refractivity contribution is 7.12. The van der Waals surface area contributed by atoms with Crippen LogP contribution in [0, 0.1) is 25.2 Å². The van der Waals surface area contributed by atoms with Crippen molar-refractivity contribution in [3.05, 3.63) is 21.4 Å². The molecule has 4 heteroatoms. The van der Waals surface area contributed by atoms with Crippen LogP contribution >= 0.6 is 11.3 Å². The minimum Gasteiger partial charge on any atom is -0.383 e. The fourth-order valence-corrected chi connectivity index (χ4v) is 2.43. The summed E-state index contributed by atoms with van der Waals surface area (Å²) in [5, 5.41) is 12.2. The van der Waals surface area contributed by atoms with Crippen molar-refractivity contribution in [2.45, 2.75) is 19.9 Å². The molecule has 0 radical (unpaired) electrons. The van der Waals surface area contributed by atoms with E-state index < -0.39 is 0 Å². The Hall–Kier alpha value is -0.890. The van der Waals surface area contributed by atoms with E-state index >= 15 is 0 Å². The molecule has 1 atom stereocenters. The number of methoxy groups -OCH3 is 1. The first-order valence-corrected chi connectivity index (χ1v) is 5.69. The van der Waals surface area contributed by atoms with E-state index in [4.69, 9.17) is 10.00 Å². The molecule has 0 aliphatic rings. The summed E-state index contributed by atoms with van der Waals surface area (Å²) < 4.78 is 4.94. The Morgan fingerprint density at radius 2 is 2.33 bits per heavy atom. The topological polar surface area (TPSA) is 45.0 Å². The van der Waals surface area contributed by atoms with E-state index in [2.05, 4.69) is 31.3 Å². The van der Waals surface area contributed by atoms with Crippen LogP contribution in [0.3, 0.4) is 0 Å². The second-order valence-corrected chi connectivity index (χ2v) is 4.84. The number of rotatable bonds is 5. The molecule has 1 rings (SSSR count). The molecule has 0 bridgehead atoms. The Morgan fingerprint density at radius 1 is 1.60 bits per heavy atom. The van der Waals surface area contributed by atoms with Crippen molar-refractivity contribution >= 4 is 11.3 Å². The first-order valence-electron chi connectivity index (χ1n) is 4.88. The average molecular weight is 224 g/mol. The quantitative estimate of drug-likeness (QED) is 0.780. The number of hydrogen-bond donors (Lipinski definition) is 1. The van der Waals surface area contributed by atoms with E-state index in [9.17, 15) is 0 Å². The number of thiophene rings is 1. The SMILES string of the molecule is COCCNC(C#N)c1cc(C)sc1C. The van der Waals surface area contributed by atoms with Gasteiger partial charge in [-0.1, -0.05) is 0 Å². The molecule has 0 aliphatic carbocycles. The van der Waals surface area contributed by atoms with E-state index in [1.54, 1.807) is 18.4 Å². The fraction of sp³-hybridized carbons (Fsp3) is 0.545. The lowest BCUT2D eigenvalue weighted by Gasteiger charge is -2.10. The molecule has 0 spiro atoms. The highest BCUT2D eigenvalue weighted by Crippen LogP contribution is 2.25. The van der Waals surface area contributed by atoms with Crippen LogP contribution in [0.5, 0.6) is 0 Å². The molecule has 0 aromatic carbocycles. The first-order chi connectivity index (χ1) is 7.19. The predicted octanol–water partition coefficient (Wildman–Crippen LogP) is 2.17. The molecule has 0 saturated heterocycles. The van der Waals surface area contributed by atoms with E-state index in [0.717, 1.165) is 5.56 Å². The second-order valence-electron chi connectivity index (χ2n) is 3.38. The maximum atomic E-state index is 9.06. The van der Waals surface area contributed by atoms with Gasteiger partial charge in [0.15, 0.2) is 0 Å². The zero-order valence-corrected chi connectivity index (χ0v) is 10.1. The number of nitrogens with zero attached hydrogens (tertiary/aromatic N) is 1. The van der Waals surface area contributed by atoms with Crippen molar-refractivity contribution in [3.63, 3.8) is 0 Å². The van der Waals surface area contributed by atoms with Gasteiger partial charge in [-0.25, -0.2) is 0 Å². The maximum absolute atomic E-state index is 9.06. The summed E-state index contributed by atoms with van der Waals surface area (Å²) in [5.41, 5.74) is 1.09. The van der Waals surface area contributed by atoms with Gasteiger partial charge in [0.25, 0.3) is 0 Å². The fourth-order valence-electron chi connectivity index (χ4n) is 1.47. The number of ether oxygens (including phenoxy) is 1. The van der Waals surface area contributed by atoms with Crippen molar-refractivity contribution < 1.29 is 4.74 Å². The van der Waals surface area contributed by atoms with Gasteiger partial charge in [0, 0.05) is 23.4 Å². The van der Waals surface area contributed by atoms with Gasteiger partial charge in [-0.3, -0.25) is 5.32 Å². The summed E-state index contributed by atoms with van der Waals surface area (Å²) in [6.45, 7) is 5.43. The molecule has 0 aliphatic heterocycles. The number of aryl methyl sites for hydroxylation is 2. The van der Waals surface area contributed by atoms with Crippen LogP contribution in [0.15, 0.2) is 6.07 Å². The minimum atomic E-state index is -0.218. The molecule has 1 heterocycles. The van der Waals surface area contributed by atoms with Crippen LogP contribution in [-0.2, 0) is 4.74 Å². The zero-order valence-electron chi connectivity index (χ0n) is 9.33. The zero-order chi connectivity index (χ0) is 11.3. The summed E-state index contributed by atoms with van der Waals surface area (Å²) in [6, 6.07) is 4.13. The summed E-state index contributed by atoms with van der Waals surface area (Å²) in [7, 11) is 1.66. The highest BCUT2D eigenvalue weighted by Gasteiger charge is 2.14. The summed E-state index contributed by atoms with van der Waals surface area (Å²) >= 11 is 1.73. The molecule has 15 heavy (non-hydrogen) atoms. The van der Waals surface area contributed by atoms with Crippen molar-refractivity contribution in [2.24, 2.45) is 0 Å². The van der Waals surface area contributed by atoms with E-state index in [0.29, 0.717) is 13.2 Å². The van der Waals surface area contributed by atoms with Gasteiger partial charge >= 0.3 is 0 Å². The van der Waals surface area contributed by atoms with Gasteiger partial charge in [0.1, 0.15) is 6.04 Å². The summed E-state index contributed by atoms with van der Waals surface area (Å²) in [5.74, 6) is 0. The van der Waals surface area contributed by atoms with Gasteiger partial charge in [0.05, 0.1) is 12.7 Å². The molecule has 1 aromatic heterocycles. The Morgan fingerprint density at radius 3 is 2.80 bits per heavy atom. The van der Waals surface area contributed by atoms with Gasteiger partial charge in [0.2, 0.25) is 0 Å². The third-order valence-electron chi connectivity index (χ3n) is 2.17. The third-order valence-corrected chi connectivity index (χ3v) is 3.16.